The van der Waals surface area contributed by atoms with Gasteiger partial charge in [0.1, 0.15) is 0 Å². The summed E-state index contributed by atoms with van der Waals surface area (Å²) in [5, 5.41) is 3.60. The Hall–Kier alpha value is -0.0400. The van der Waals surface area contributed by atoms with Crippen LogP contribution in [-0.4, -0.2) is 13.1 Å². The standard InChI is InChI=1S/C14H25N/c1-2-6-12(5-1)14(8-3-4-9-14)13-7-10-15-11-13/h12-13,15H,1-11H2. The van der Waals surface area contributed by atoms with Gasteiger partial charge < -0.3 is 5.32 Å². The van der Waals surface area contributed by atoms with Crippen LogP contribution in [0.4, 0.5) is 0 Å². The average Bonchev–Trinajstić information content (AvgIpc) is 3.02. The Morgan fingerprint density at radius 2 is 1.53 bits per heavy atom. The van der Waals surface area contributed by atoms with Crippen molar-refractivity contribution in [3.63, 3.8) is 0 Å². The smallest absolute Gasteiger partial charge is 0.00146 e. The Labute approximate surface area is 94.0 Å². The zero-order chi connectivity index (χ0) is 10.1. The van der Waals surface area contributed by atoms with Crippen molar-refractivity contribution in [2.24, 2.45) is 17.3 Å². The molecule has 1 heteroatoms. The first kappa shape index (κ1) is 10.1. The van der Waals surface area contributed by atoms with Gasteiger partial charge in [0.05, 0.1) is 0 Å². The van der Waals surface area contributed by atoms with Crippen LogP contribution in [0.3, 0.4) is 0 Å². The summed E-state index contributed by atoms with van der Waals surface area (Å²) in [6, 6.07) is 0. The van der Waals surface area contributed by atoms with E-state index in [1.54, 1.807) is 25.7 Å². The lowest BCUT2D eigenvalue weighted by Gasteiger charge is -2.41. The van der Waals surface area contributed by atoms with E-state index in [0.29, 0.717) is 0 Å². The van der Waals surface area contributed by atoms with Gasteiger partial charge >= 0.3 is 0 Å². The lowest BCUT2D eigenvalue weighted by Crippen LogP contribution is -2.35. The van der Waals surface area contributed by atoms with E-state index >= 15 is 0 Å². The topological polar surface area (TPSA) is 12.0 Å². The summed E-state index contributed by atoms with van der Waals surface area (Å²) in [7, 11) is 0. The fraction of sp³-hybridized carbons (Fsp3) is 1.00. The summed E-state index contributed by atoms with van der Waals surface area (Å²) in [5.74, 6) is 2.13. The second-order valence-corrected chi connectivity index (χ2v) is 6.11. The van der Waals surface area contributed by atoms with Crippen LogP contribution in [0.15, 0.2) is 0 Å². The predicted molar refractivity (Wildman–Crippen MR) is 63.8 cm³/mol. The summed E-state index contributed by atoms with van der Waals surface area (Å²) in [6.45, 7) is 2.62. The fourth-order valence-corrected chi connectivity index (χ4v) is 4.83. The Bertz CT molecular complexity index is 187. The van der Waals surface area contributed by atoms with Crippen molar-refractivity contribution >= 4 is 0 Å². The molecule has 3 fully saturated rings. The van der Waals surface area contributed by atoms with Crippen molar-refractivity contribution in [3.8, 4) is 0 Å². The maximum atomic E-state index is 3.60. The van der Waals surface area contributed by atoms with Gasteiger partial charge in [-0.1, -0.05) is 25.7 Å². The van der Waals surface area contributed by atoms with Gasteiger partial charge in [0, 0.05) is 0 Å². The predicted octanol–water partition coefficient (Wildman–Crippen LogP) is 3.35. The van der Waals surface area contributed by atoms with Gasteiger partial charge in [-0.25, -0.2) is 0 Å². The zero-order valence-electron chi connectivity index (χ0n) is 9.93. The van der Waals surface area contributed by atoms with Crippen LogP contribution in [0.25, 0.3) is 0 Å². The normalized spacial score (nSPS) is 36.4. The van der Waals surface area contributed by atoms with Crippen LogP contribution in [-0.2, 0) is 0 Å². The molecule has 1 aliphatic heterocycles. The van der Waals surface area contributed by atoms with E-state index in [4.69, 9.17) is 0 Å². The highest BCUT2D eigenvalue weighted by Crippen LogP contribution is 2.56. The summed E-state index contributed by atoms with van der Waals surface area (Å²) in [4.78, 5) is 0. The van der Waals surface area contributed by atoms with Crippen LogP contribution < -0.4 is 5.32 Å². The van der Waals surface area contributed by atoms with Crippen LogP contribution in [0.2, 0.25) is 0 Å². The zero-order valence-corrected chi connectivity index (χ0v) is 9.93. The molecule has 0 spiro atoms. The number of nitrogens with one attached hydrogen (secondary N) is 1. The van der Waals surface area contributed by atoms with Crippen LogP contribution >= 0.6 is 0 Å². The molecule has 1 heterocycles. The highest BCUT2D eigenvalue weighted by Gasteiger charge is 2.47. The van der Waals surface area contributed by atoms with Crippen LogP contribution in [0.5, 0.6) is 0 Å². The molecule has 0 radical (unpaired) electrons. The highest BCUT2D eigenvalue weighted by molar-refractivity contribution is 4.99. The first-order chi connectivity index (χ1) is 7.42. The molecule has 0 bridgehead atoms. The molecule has 1 nitrogen and oxygen atoms in total. The molecule has 0 aromatic rings. The van der Waals surface area contributed by atoms with Crippen molar-refractivity contribution < 1.29 is 0 Å². The molecule has 2 saturated carbocycles. The van der Waals surface area contributed by atoms with Crippen molar-refractivity contribution in [2.75, 3.05) is 13.1 Å². The van der Waals surface area contributed by atoms with Crippen molar-refractivity contribution in [1.29, 1.82) is 0 Å². The van der Waals surface area contributed by atoms with E-state index in [9.17, 15) is 0 Å². The second kappa shape index (κ2) is 4.08. The highest BCUT2D eigenvalue weighted by atomic mass is 14.9. The third-order valence-electron chi connectivity index (χ3n) is 5.58. The third kappa shape index (κ3) is 1.63. The van der Waals surface area contributed by atoms with E-state index in [0.717, 1.165) is 17.3 Å². The average molecular weight is 207 g/mol. The van der Waals surface area contributed by atoms with Crippen LogP contribution in [0.1, 0.15) is 57.8 Å². The van der Waals surface area contributed by atoms with Crippen molar-refractivity contribution in [3.05, 3.63) is 0 Å². The molecule has 3 aliphatic rings. The first-order valence-electron chi connectivity index (χ1n) is 7.12. The molecule has 1 atom stereocenters. The van der Waals surface area contributed by atoms with E-state index in [1.807, 2.05) is 0 Å². The summed E-state index contributed by atoms with van der Waals surface area (Å²) >= 11 is 0. The summed E-state index contributed by atoms with van der Waals surface area (Å²) < 4.78 is 0. The number of hydrogen-bond acceptors (Lipinski definition) is 1. The van der Waals surface area contributed by atoms with Gasteiger partial charge in [0.15, 0.2) is 0 Å². The SMILES string of the molecule is C1CCC(C2(C3CCNC3)CCCC2)C1. The van der Waals surface area contributed by atoms with E-state index in [1.165, 1.54) is 45.2 Å². The minimum atomic E-state index is 0.792. The largest absolute Gasteiger partial charge is 0.316 e. The molecule has 3 rings (SSSR count). The van der Waals surface area contributed by atoms with Crippen LogP contribution in [0, 0.1) is 17.3 Å². The molecule has 1 unspecified atom stereocenters. The van der Waals surface area contributed by atoms with Gasteiger partial charge in [-0.3, -0.25) is 0 Å². The molecular weight excluding hydrogens is 182 g/mol. The number of rotatable bonds is 2. The van der Waals surface area contributed by atoms with E-state index in [-0.39, 0.29) is 0 Å². The van der Waals surface area contributed by atoms with Gasteiger partial charge in [0.2, 0.25) is 0 Å². The molecule has 1 N–H and O–H groups in total. The van der Waals surface area contributed by atoms with Crippen molar-refractivity contribution in [1.82, 2.24) is 5.32 Å². The lowest BCUT2D eigenvalue weighted by molar-refractivity contribution is 0.0895. The Morgan fingerprint density at radius 1 is 0.800 bits per heavy atom. The molecule has 1 saturated heterocycles. The minimum absolute atomic E-state index is 0.792. The fourth-order valence-electron chi connectivity index (χ4n) is 4.83. The molecule has 2 aliphatic carbocycles. The Balaban J connectivity index is 1.80. The molecule has 0 aromatic carbocycles. The van der Waals surface area contributed by atoms with Gasteiger partial charge in [-0.2, -0.15) is 0 Å². The maximum Gasteiger partial charge on any atom is -0.00146 e. The van der Waals surface area contributed by atoms with E-state index < -0.39 is 0 Å². The first-order valence-corrected chi connectivity index (χ1v) is 7.12. The van der Waals surface area contributed by atoms with Crippen molar-refractivity contribution in [2.45, 2.75) is 57.8 Å². The monoisotopic (exact) mass is 207 g/mol. The molecule has 86 valence electrons. The summed E-state index contributed by atoms with van der Waals surface area (Å²) in [5.41, 5.74) is 0.792. The van der Waals surface area contributed by atoms with Gasteiger partial charge in [0.25, 0.3) is 0 Å². The Kier molecular flexibility index (Phi) is 2.76. The van der Waals surface area contributed by atoms with Gasteiger partial charge in [-0.05, 0) is 62.4 Å². The molecular formula is C14H25N. The lowest BCUT2D eigenvalue weighted by atomic mass is 9.64. The molecule has 0 amide bonds. The quantitative estimate of drug-likeness (QED) is 0.732. The van der Waals surface area contributed by atoms with E-state index in [2.05, 4.69) is 5.32 Å². The molecule has 0 aromatic heterocycles. The second-order valence-electron chi connectivity index (χ2n) is 6.11. The third-order valence-corrected chi connectivity index (χ3v) is 5.58. The summed E-state index contributed by atoms with van der Waals surface area (Å²) in [6.07, 6.45) is 13.8. The minimum Gasteiger partial charge on any atom is -0.316 e. The Morgan fingerprint density at radius 3 is 2.13 bits per heavy atom. The van der Waals surface area contributed by atoms with Gasteiger partial charge in [-0.15, -0.1) is 0 Å². The maximum absolute atomic E-state index is 3.60. The number of hydrogen-bond donors (Lipinski definition) is 1. The molecule has 15 heavy (non-hydrogen) atoms.